The predicted molar refractivity (Wildman–Crippen MR) is 103 cm³/mol. The first-order valence-corrected chi connectivity index (χ1v) is 10.7. The smallest absolute Gasteiger partial charge is 0.257 e. The number of carbonyl (C=O) groups excluding carboxylic acids is 1. The monoisotopic (exact) mass is 426 g/mol. The van der Waals surface area contributed by atoms with Gasteiger partial charge in [0.05, 0.1) is 17.3 Å². The van der Waals surface area contributed by atoms with Crippen LogP contribution >= 0.6 is 0 Å². The fraction of sp³-hybridized carbons (Fsp3) is 0.474. The molecule has 0 saturated carbocycles. The third-order valence-electron chi connectivity index (χ3n) is 4.91. The van der Waals surface area contributed by atoms with Crippen molar-refractivity contribution in [3.8, 4) is 0 Å². The van der Waals surface area contributed by atoms with Crippen LogP contribution in [0.25, 0.3) is 0 Å². The van der Waals surface area contributed by atoms with Crippen molar-refractivity contribution in [2.45, 2.75) is 38.1 Å². The van der Waals surface area contributed by atoms with Gasteiger partial charge in [0, 0.05) is 37.9 Å². The molecule has 1 aliphatic heterocycles. The van der Waals surface area contributed by atoms with Gasteiger partial charge < -0.3 is 4.90 Å². The first-order valence-electron chi connectivity index (χ1n) is 9.22. The van der Waals surface area contributed by atoms with Crippen molar-refractivity contribution in [1.29, 1.82) is 0 Å². The molecular weight excluding hydrogens is 402 g/mol. The highest BCUT2D eigenvalue weighted by molar-refractivity contribution is 7.89. The normalized spacial score (nSPS) is 16.3. The highest BCUT2D eigenvalue weighted by Gasteiger charge is 2.33. The van der Waals surface area contributed by atoms with Gasteiger partial charge in [-0.1, -0.05) is 0 Å². The minimum absolute atomic E-state index is 0.0251. The van der Waals surface area contributed by atoms with Gasteiger partial charge in [0.15, 0.2) is 0 Å². The van der Waals surface area contributed by atoms with Crippen LogP contribution in [0.1, 0.15) is 36.8 Å². The summed E-state index contributed by atoms with van der Waals surface area (Å²) in [5.41, 5.74) is 0.945. The number of carbonyl (C=O) groups is 1. The molecule has 1 aromatic carbocycles. The lowest BCUT2D eigenvalue weighted by Gasteiger charge is -2.34. The van der Waals surface area contributed by atoms with E-state index in [-0.39, 0.29) is 37.6 Å². The van der Waals surface area contributed by atoms with Crippen molar-refractivity contribution in [3.63, 3.8) is 0 Å². The Morgan fingerprint density at radius 3 is 2.24 bits per heavy atom. The second kappa shape index (κ2) is 7.49. The Bertz CT molecular complexity index is 1040. The molecule has 0 radical (unpaired) electrons. The van der Waals surface area contributed by atoms with Crippen LogP contribution in [0.5, 0.6) is 0 Å². The van der Waals surface area contributed by atoms with Crippen LogP contribution in [0.3, 0.4) is 0 Å². The van der Waals surface area contributed by atoms with Gasteiger partial charge in [0.25, 0.3) is 5.91 Å². The fourth-order valence-corrected chi connectivity index (χ4v) is 4.89. The molecule has 1 aromatic heterocycles. The number of rotatable bonds is 3. The fourth-order valence-electron chi connectivity index (χ4n) is 3.42. The second-order valence-electron chi connectivity index (χ2n) is 8.00. The van der Waals surface area contributed by atoms with E-state index in [1.54, 1.807) is 9.58 Å². The highest BCUT2D eigenvalue weighted by atomic mass is 32.2. The molecule has 158 valence electrons. The number of nitrogens with zero attached hydrogens (tertiary/aromatic N) is 4. The molecule has 10 heteroatoms. The molecule has 7 nitrogen and oxygen atoms in total. The van der Waals surface area contributed by atoms with Gasteiger partial charge in [-0.3, -0.25) is 9.48 Å². The lowest BCUT2D eigenvalue weighted by molar-refractivity contribution is 0.0696. The number of amides is 1. The van der Waals surface area contributed by atoms with E-state index in [0.29, 0.717) is 11.6 Å². The molecule has 2 aromatic rings. The third-order valence-corrected chi connectivity index (χ3v) is 6.85. The van der Waals surface area contributed by atoms with Crippen molar-refractivity contribution >= 4 is 15.9 Å². The van der Waals surface area contributed by atoms with E-state index >= 15 is 0 Å². The van der Waals surface area contributed by atoms with E-state index in [0.717, 1.165) is 22.1 Å². The van der Waals surface area contributed by atoms with Gasteiger partial charge in [-0.2, -0.15) is 9.40 Å². The number of hydrogen-bond acceptors (Lipinski definition) is 4. The Balaban J connectivity index is 1.74. The topological polar surface area (TPSA) is 75.5 Å². The zero-order valence-electron chi connectivity index (χ0n) is 16.8. The molecule has 0 atom stereocenters. The number of piperazine rings is 1. The first kappa shape index (κ1) is 21.4. The van der Waals surface area contributed by atoms with Crippen molar-refractivity contribution in [2.24, 2.45) is 0 Å². The van der Waals surface area contributed by atoms with Crippen LogP contribution in [0.2, 0.25) is 0 Å². The van der Waals surface area contributed by atoms with E-state index in [2.05, 4.69) is 5.10 Å². The Labute approximate surface area is 169 Å². The van der Waals surface area contributed by atoms with E-state index in [4.69, 9.17) is 0 Å². The lowest BCUT2D eigenvalue weighted by atomic mass is 10.1. The van der Waals surface area contributed by atoms with Crippen molar-refractivity contribution in [3.05, 3.63) is 47.3 Å². The van der Waals surface area contributed by atoms with Gasteiger partial charge in [-0.25, -0.2) is 17.2 Å². The summed E-state index contributed by atoms with van der Waals surface area (Å²) in [6.07, 6.45) is 1.53. The van der Waals surface area contributed by atoms with Crippen molar-refractivity contribution in [1.82, 2.24) is 19.0 Å². The summed E-state index contributed by atoms with van der Waals surface area (Å²) in [5.74, 6) is -2.19. The maximum atomic E-state index is 14.0. The Morgan fingerprint density at radius 2 is 1.72 bits per heavy atom. The molecule has 0 N–H and O–H groups in total. The van der Waals surface area contributed by atoms with Gasteiger partial charge in [-0.05, 0) is 39.8 Å². The van der Waals surface area contributed by atoms with E-state index < -0.39 is 26.6 Å². The summed E-state index contributed by atoms with van der Waals surface area (Å²) in [6, 6.07) is 2.37. The summed E-state index contributed by atoms with van der Waals surface area (Å²) in [4.78, 5) is 13.9. The zero-order chi connectivity index (χ0) is 21.6. The Hall–Kier alpha value is -2.33. The minimum Gasteiger partial charge on any atom is -0.336 e. The molecule has 2 heterocycles. The highest BCUT2D eigenvalue weighted by Crippen LogP contribution is 2.23. The largest absolute Gasteiger partial charge is 0.336 e. The maximum absolute atomic E-state index is 14.0. The second-order valence-corrected chi connectivity index (χ2v) is 9.90. The molecule has 1 fully saturated rings. The lowest BCUT2D eigenvalue weighted by Crippen LogP contribution is -2.50. The minimum atomic E-state index is -4.11. The molecule has 29 heavy (non-hydrogen) atoms. The van der Waals surface area contributed by atoms with Gasteiger partial charge in [0.2, 0.25) is 10.0 Å². The van der Waals surface area contributed by atoms with E-state index in [9.17, 15) is 22.0 Å². The standard InChI is InChI=1S/C19H24F2N4O3S/c1-13-15(12-22-25(13)19(2,3)4)18(26)23-7-9-24(10-8-23)29(27,28)17-6-5-14(20)11-16(17)21/h5-6,11-12H,7-10H2,1-4H3. The average Bonchev–Trinajstić information content (AvgIpc) is 3.02. The molecule has 3 rings (SSSR count). The predicted octanol–water partition coefficient (Wildman–Crippen LogP) is 2.37. The van der Waals surface area contributed by atoms with E-state index in [1.165, 1.54) is 6.20 Å². The van der Waals surface area contributed by atoms with Gasteiger partial charge in [0.1, 0.15) is 16.5 Å². The molecule has 1 aliphatic rings. The summed E-state index contributed by atoms with van der Waals surface area (Å²) in [5, 5.41) is 4.30. The van der Waals surface area contributed by atoms with E-state index in [1.807, 2.05) is 27.7 Å². The van der Waals surface area contributed by atoms with Crippen LogP contribution in [0, 0.1) is 18.6 Å². The molecule has 1 saturated heterocycles. The SMILES string of the molecule is Cc1c(C(=O)N2CCN(S(=O)(=O)c3ccc(F)cc3F)CC2)cnn1C(C)(C)C. The summed E-state index contributed by atoms with van der Waals surface area (Å²) in [6.45, 7) is 8.17. The van der Waals surface area contributed by atoms with Gasteiger partial charge in [-0.15, -0.1) is 0 Å². The Morgan fingerprint density at radius 1 is 1.10 bits per heavy atom. The number of benzene rings is 1. The zero-order valence-corrected chi connectivity index (χ0v) is 17.6. The Kier molecular flexibility index (Phi) is 5.52. The maximum Gasteiger partial charge on any atom is 0.257 e. The first-order chi connectivity index (χ1) is 13.4. The van der Waals surface area contributed by atoms with Crippen LogP contribution in [0.4, 0.5) is 8.78 Å². The molecule has 0 bridgehead atoms. The van der Waals surface area contributed by atoms with Crippen LogP contribution < -0.4 is 0 Å². The molecular formula is C19H24F2N4O3S. The number of sulfonamides is 1. The average molecular weight is 426 g/mol. The number of hydrogen-bond donors (Lipinski definition) is 0. The molecule has 1 amide bonds. The quantitative estimate of drug-likeness (QED) is 0.755. The number of halogens is 2. The van der Waals surface area contributed by atoms with Crippen LogP contribution in [-0.2, 0) is 15.6 Å². The van der Waals surface area contributed by atoms with Crippen molar-refractivity contribution in [2.75, 3.05) is 26.2 Å². The third kappa shape index (κ3) is 4.04. The molecule has 0 aliphatic carbocycles. The summed E-state index contributed by atoms with van der Waals surface area (Å²) < 4.78 is 55.3. The van der Waals surface area contributed by atoms with Gasteiger partial charge >= 0.3 is 0 Å². The van der Waals surface area contributed by atoms with Crippen molar-refractivity contribution < 1.29 is 22.0 Å². The number of aromatic nitrogens is 2. The summed E-state index contributed by atoms with van der Waals surface area (Å²) in [7, 11) is -4.11. The molecule has 0 unspecified atom stereocenters. The van der Waals surface area contributed by atoms with Crippen LogP contribution in [0.15, 0.2) is 29.3 Å². The van der Waals surface area contributed by atoms with Crippen LogP contribution in [-0.4, -0.2) is 59.5 Å². The summed E-state index contributed by atoms with van der Waals surface area (Å²) >= 11 is 0. The molecule has 0 spiro atoms.